The normalized spacial score (nSPS) is 20.1. The Hall–Kier alpha value is -1.89. The van der Waals surface area contributed by atoms with Gasteiger partial charge in [0.2, 0.25) is 0 Å². The molecule has 1 fully saturated rings. The summed E-state index contributed by atoms with van der Waals surface area (Å²) in [5, 5.41) is 3.94. The van der Waals surface area contributed by atoms with Crippen LogP contribution in [0.15, 0.2) is 15.6 Å². The molecule has 0 saturated heterocycles. The highest BCUT2D eigenvalue weighted by Gasteiger charge is 2.23. The number of nitrogens with zero attached hydrogens (tertiary/aromatic N) is 2. The van der Waals surface area contributed by atoms with E-state index in [0.29, 0.717) is 36.0 Å². The zero-order valence-electron chi connectivity index (χ0n) is 11.4. The van der Waals surface area contributed by atoms with E-state index in [9.17, 15) is 4.79 Å². The minimum Gasteiger partial charge on any atom is -0.370 e. The summed E-state index contributed by atoms with van der Waals surface area (Å²) < 4.78 is 5.12. The molecule has 0 unspecified atom stereocenters. The topological polar surface area (TPSA) is 134 Å². The summed E-state index contributed by atoms with van der Waals surface area (Å²) >= 11 is 0. The van der Waals surface area contributed by atoms with Crippen molar-refractivity contribution in [3.63, 3.8) is 0 Å². The van der Waals surface area contributed by atoms with E-state index >= 15 is 0 Å². The second-order valence-corrected chi connectivity index (χ2v) is 5.29. The summed E-state index contributed by atoms with van der Waals surface area (Å²) in [6.07, 6.45) is 4.14. The van der Waals surface area contributed by atoms with Crippen molar-refractivity contribution in [3.05, 3.63) is 17.5 Å². The van der Waals surface area contributed by atoms with E-state index in [4.69, 9.17) is 21.7 Å². The van der Waals surface area contributed by atoms with Crippen molar-refractivity contribution >= 4 is 11.7 Å². The number of carbonyl (C=O) groups excluding carboxylic acids is 1. The highest BCUT2D eigenvalue weighted by Crippen LogP contribution is 2.28. The number of ketones is 1. The molecule has 0 amide bonds. The number of carbonyl (C=O) groups is 1. The van der Waals surface area contributed by atoms with Crippen LogP contribution in [0.3, 0.4) is 0 Å². The first-order chi connectivity index (χ1) is 9.54. The number of guanidine groups is 1. The molecule has 0 bridgehead atoms. The van der Waals surface area contributed by atoms with Crippen LogP contribution < -0.4 is 17.2 Å². The van der Waals surface area contributed by atoms with Gasteiger partial charge in [0.25, 0.3) is 0 Å². The highest BCUT2D eigenvalue weighted by molar-refractivity contribution is 5.80. The Balaban J connectivity index is 1.81. The fourth-order valence-corrected chi connectivity index (χ4v) is 2.45. The molecule has 0 radical (unpaired) electrons. The van der Waals surface area contributed by atoms with Gasteiger partial charge in [0.1, 0.15) is 18.0 Å². The zero-order valence-corrected chi connectivity index (χ0v) is 11.4. The quantitative estimate of drug-likeness (QED) is 0.515. The van der Waals surface area contributed by atoms with Gasteiger partial charge in [0, 0.05) is 18.9 Å². The fourth-order valence-electron chi connectivity index (χ4n) is 2.45. The molecule has 1 aromatic rings. The third-order valence-corrected chi connectivity index (χ3v) is 3.61. The lowest BCUT2D eigenvalue weighted by molar-refractivity contribution is -0.117. The van der Waals surface area contributed by atoms with Crippen LogP contribution in [0.5, 0.6) is 0 Å². The van der Waals surface area contributed by atoms with Gasteiger partial charge in [-0.15, -0.1) is 0 Å². The van der Waals surface area contributed by atoms with Crippen molar-refractivity contribution in [1.82, 2.24) is 5.16 Å². The summed E-state index contributed by atoms with van der Waals surface area (Å²) in [7, 11) is 0. The van der Waals surface area contributed by atoms with Gasteiger partial charge in [-0.05, 0) is 25.2 Å². The molecule has 6 N–H and O–H groups in total. The van der Waals surface area contributed by atoms with Crippen LogP contribution in [0.25, 0.3) is 0 Å². The van der Waals surface area contributed by atoms with Crippen LogP contribution >= 0.6 is 0 Å². The van der Waals surface area contributed by atoms with Gasteiger partial charge in [-0.3, -0.25) is 4.79 Å². The molecule has 20 heavy (non-hydrogen) atoms. The molecule has 0 aliphatic heterocycles. The summed E-state index contributed by atoms with van der Waals surface area (Å²) in [6.45, 7) is 0.263. The highest BCUT2D eigenvalue weighted by atomic mass is 16.5. The van der Waals surface area contributed by atoms with E-state index in [2.05, 4.69) is 10.1 Å². The lowest BCUT2D eigenvalue weighted by Crippen LogP contribution is -2.22. The Kier molecular flexibility index (Phi) is 4.73. The molecule has 0 spiro atoms. The van der Waals surface area contributed by atoms with Crippen LogP contribution in [-0.4, -0.2) is 16.9 Å². The van der Waals surface area contributed by atoms with E-state index < -0.39 is 0 Å². The van der Waals surface area contributed by atoms with E-state index in [0.717, 1.165) is 19.3 Å². The first kappa shape index (κ1) is 14.5. The van der Waals surface area contributed by atoms with Crippen LogP contribution in [0.1, 0.15) is 49.6 Å². The Morgan fingerprint density at radius 1 is 1.55 bits per heavy atom. The first-order valence-corrected chi connectivity index (χ1v) is 6.82. The number of hydrogen-bond acceptors (Lipinski definition) is 5. The van der Waals surface area contributed by atoms with E-state index in [1.165, 1.54) is 0 Å². The van der Waals surface area contributed by atoms with Crippen molar-refractivity contribution < 1.29 is 9.32 Å². The number of hydrogen-bond donors (Lipinski definition) is 3. The largest absolute Gasteiger partial charge is 0.370 e. The summed E-state index contributed by atoms with van der Waals surface area (Å²) in [5.74, 6) is 1.43. The maximum Gasteiger partial charge on any atom is 0.186 e. The maximum atomic E-state index is 11.2. The van der Waals surface area contributed by atoms with Gasteiger partial charge < -0.3 is 21.7 Å². The molecule has 1 aliphatic carbocycles. The molecule has 1 saturated carbocycles. The van der Waals surface area contributed by atoms with Gasteiger partial charge in [0.15, 0.2) is 11.7 Å². The van der Waals surface area contributed by atoms with Crippen LogP contribution in [0.2, 0.25) is 0 Å². The van der Waals surface area contributed by atoms with Crippen LogP contribution in [-0.2, 0) is 11.3 Å². The monoisotopic (exact) mass is 279 g/mol. The fraction of sp³-hybridized carbons (Fsp3) is 0.615. The van der Waals surface area contributed by atoms with Crippen molar-refractivity contribution in [3.8, 4) is 0 Å². The minimum atomic E-state index is -0.178. The lowest BCUT2D eigenvalue weighted by atomic mass is 9.97. The number of Topliss-reactive ketones (excluding diaryl/α,β-unsaturated/α-hetero) is 1. The second-order valence-electron chi connectivity index (χ2n) is 5.29. The van der Waals surface area contributed by atoms with Crippen molar-refractivity contribution in [1.29, 1.82) is 0 Å². The molecule has 1 heterocycles. The van der Waals surface area contributed by atoms with E-state index in [-0.39, 0.29) is 18.5 Å². The van der Waals surface area contributed by atoms with Gasteiger partial charge in [0.05, 0.1) is 6.04 Å². The molecule has 2 atom stereocenters. The smallest absolute Gasteiger partial charge is 0.186 e. The summed E-state index contributed by atoms with van der Waals surface area (Å²) in [6, 6.07) is 1.60. The standard InChI is InChI=1S/C13H21N5O2/c14-11(4-2-8-1-3-9(19)5-8)12-6-10(20-18-12)7-17-13(15)16/h6,8,11H,1-5,7,14H2,(H4,15,16,17)/t8-,11-/m0/s1. The van der Waals surface area contributed by atoms with Gasteiger partial charge >= 0.3 is 0 Å². The molecule has 2 rings (SSSR count). The van der Waals surface area contributed by atoms with Crippen LogP contribution in [0.4, 0.5) is 0 Å². The zero-order chi connectivity index (χ0) is 14.5. The lowest BCUT2D eigenvalue weighted by Gasteiger charge is -2.11. The molecule has 110 valence electrons. The molecule has 1 aliphatic rings. The predicted molar refractivity (Wildman–Crippen MR) is 74.5 cm³/mol. The first-order valence-electron chi connectivity index (χ1n) is 6.82. The third-order valence-electron chi connectivity index (χ3n) is 3.61. The Morgan fingerprint density at radius 2 is 2.35 bits per heavy atom. The third kappa shape index (κ3) is 4.06. The molecular weight excluding hydrogens is 258 g/mol. The average Bonchev–Trinajstić information content (AvgIpc) is 3.02. The number of nitrogens with two attached hydrogens (primary N) is 3. The Labute approximate surface area is 117 Å². The second kappa shape index (κ2) is 6.51. The van der Waals surface area contributed by atoms with E-state index in [1.807, 2.05) is 0 Å². The number of rotatable bonds is 6. The van der Waals surface area contributed by atoms with Crippen molar-refractivity contribution in [2.45, 2.75) is 44.7 Å². The Morgan fingerprint density at radius 3 is 3.00 bits per heavy atom. The Bertz CT molecular complexity index is 493. The SMILES string of the molecule is NC(N)=NCc1cc([C@@H](N)CC[C@@H]2CCC(=O)C2)no1. The molecule has 7 heteroatoms. The van der Waals surface area contributed by atoms with Crippen molar-refractivity contribution in [2.24, 2.45) is 28.1 Å². The molecular formula is C13H21N5O2. The molecule has 7 nitrogen and oxygen atoms in total. The minimum absolute atomic E-state index is 0.0122. The van der Waals surface area contributed by atoms with Crippen LogP contribution in [0, 0.1) is 5.92 Å². The van der Waals surface area contributed by atoms with Gasteiger partial charge in [-0.25, -0.2) is 4.99 Å². The predicted octanol–water partition coefficient (Wildman–Crippen LogP) is 0.597. The maximum absolute atomic E-state index is 11.2. The van der Waals surface area contributed by atoms with Crippen molar-refractivity contribution in [2.75, 3.05) is 0 Å². The average molecular weight is 279 g/mol. The van der Waals surface area contributed by atoms with E-state index in [1.54, 1.807) is 6.07 Å². The summed E-state index contributed by atoms with van der Waals surface area (Å²) in [4.78, 5) is 15.1. The molecule has 0 aromatic carbocycles. The number of aliphatic imine (C=N–C) groups is 1. The molecule has 1 aromatic heterocycles. The van der Waals surface area contributed by atoms with Gasteiger partial charge in [-0.2, -0.15) is 0 Å². The number of aromatic nitrogens is 1. The van der Waals surface area contributed by atoms with Gasteiger partial charge in [-0.1, -0.05) is 5.16 Å². The summed E-state index contributed by atoms with van der Waals surface area (Å²) in [5.41, 5.74) is 17.3.